The number of piperidine rings is 1. The van der Waals surface area contributed by atoms with Crippen molar-refractivity contribution in [3.8, 4) is 0 Å². The van der Waals surface area contributed by atoms with Gasteiger partial charge in [0.2, 0.25) is 10.0 Å². The van der Waals surface area contributed by atoms with Gasteiger partial charge in [-0.1, -0.05) is 29.8 Å². The van der Waals surface area contributed by atoms with E-state index in [1.165, 1.54) is 0 Å². The molecule has 8 heteroatoms. The zero-order chi connectivity index (χ0) is 19.6. The van der Waals surface area contributed by atoms with Gasteiger partial charge < -0.3 is 9.88 Å². The Bertz CT molecular complexity index is 947. The van der Waals surface area contributed by atoms with Crippen LogP contribution in [0.5, 0.6) is 0 Å². The zero-order valence-corrected chi connectivity index (χ0v) is 17.1. The number of amides is 1. The molecular formula is C19H24ClN3O3S. The van der Waals surface area contributed by atoms with Crippen molar-refractivity contribution in [3.05, 3.63) is 51.8 Å². The second kappa shape index (κ2) is 8.04. The summed E-state index contributed by atoms with van der Waals surface area (Å²) >= 11 is 6.12. The molecule has 1 amide bonds. The van der Waals surface area contributed by atoms with Gasteiger partial charge in [0.15, 0.2) is 0 Å². The number of hydrogen-bond acceptors (Lipinski definition) is 3. The van der Waals surface area contributed by atoms with Crippen molar-refractivity contribution in [2.75, 3.05) is 13.1 Å². The summed E-state index contributed by atoms with van der Waals surface area (Å²) in [6.45, 7) is 4.79. The highest BCUT2D eigenvalue weighted by molar-refractivity contribution is 7.89. The maximum Gasteiger partial charge on any atom is 0.257 e. The number of aromatic amines is 1. The van der Waals surface area contributed by atoms with Crippen molar-refractivity contribution < 1.29 is 13.2 Å². The predicted molar refractivity (Wildman–Crippen MR) is 105 cm³/mol. The first kappa shape index (κ1) is 19.9. The number of nitrogens with one attached hydrogen (secondary N) is 2. The molecule has 1 aromatic heterocycles. The minimum atomic E-state index is -3.89. The molecule has 6 nitrogen and oxygen atoms in total. The summed E-state index contributed by atoms with van der Waals surface area (Å²) in [7, 11) is -3.89. The first-order valence-electron chi connectivity index (χ1n) is 9.03. The number of sulfonamides is 1. The number of carbonyl (C=O) groups is 1. The second-order valence-corrected chi connectivity index (χ2v) is 8.96. The number of benzene rings is 1. The number of carbonyl (C=O) groups excluding carboxylic acids is 1. The van der Waals surface area contributed by atoms with E-state index in [0.717, 1.165) is 19.3 Å². The maximum atomic E-state index is 13.0. The summed E-state index contributed by atoms with van der Waals surface area (Å²) in [6.07, 6.45) is 2.99. The fraction of sp³-hybridized carbons (Fsp3) is 0.421. The van der Waals surface area contributed by atoms with Crippen molar-refractivity contribution >= 4 is 27.5 Å². The molecule has 146 valence electrons. The first-order valence-corrected chi connectivity index (χ1v) is 10.9. The van der Waals surface area contributed by atoms with Gasteiger partial charge in [-0.3, -0.25) is 4.79 Å². The Balaban J connectivity index is 1.91. The van der Waals surface area contributed by atoms with Crippen LogP contribution in [0.4, 0.5) is 0 Å². The van der Waals surface area contributed by atoms with E-state index < -0.39 is 10.0 Å². The minimum absolute atomic E-state index is 0.0302. The average molecular weight is 410 g/mol. The molecule has 0 saturated carbocycles. The van der Waals surface area contributed by atoms with Crippen molar-refractivity contribution in [2.45, 2.75) is 44.6 Å². The minimum Gasteiger partial charge on any atom is -0.361 e. The van der Waals surface area contributed by atoms with Gasteiger partial charge >= 0.3 is 0 Å². The summed E-state index contributed by atoms with van der Waals surface area (Å²) in [5.41, 5.74) is 1.94. The van der Waals surface area contributed by atoms with Crippen LogP contribution >= 0.6 is 11.6 Å². The smallest absolute Gasteiger partial charge is 0.257 e. The Hall–Kier alpha value is -1.83. The third kappa shape index (κ3) is 4.20. The van der Waals surface area contributed by atoms with Crippen LogP contribution in [0.15, 0.2) is 29.2 Å². The highest BCUT2D eigenvalue weighted by Gasteiger charge is 2.31. The van der Waals surface area contributed by atoms with Gasteiger partial charge in [-0.2, -0.15) is 0 Å². The van der Waals surface area contributed by atoms with E-state index in [4.69, 9.17) is 11.6 Å². The number of hydrogen-bond donors (Lipinski definition) is 2. The highest BCUT2D eigenvalue weighted by Crippen LogP contribution is 2.27. The van der Waals surface area contributed by atoms with Gasteiger partial charge in [0.1, 0.15) is 4.90 Å². The number of aromatic nitrogens is 1. The van der Waals surface area contributed by atoms with E-state index in [1.807, 2.05) is 0 Å². The van der Waals surface area contributed by atoms with E-state index in [-0.39, 0.29) is 22.9 Å². The molecular weight excluding hydrogens is 386 g/mol. The molecule has 1 aliphatic rings. The summed E-state index contributed by atoms with van der Waals surface area (Å²) in [4.78, 5) is 17.8. The van der Waals surface area contributed by atoms with Crippen LogP contribution < -0.4 is 4.72 Å². The molecule has 0 spiro atoms. The lowest BCUT2D eigenvalue weighted by molar-refractivity contribution is 0.0720. The van der Waals surface area contributed by atoms with Gasteiger partial charge in [-0.05, 0) is 44.7 Å². The predicted octanol–water partition coefficient (Wildman–Crippen LogP) is 3.39. The lowest BCUT2D eigenvalue weighted by Crippen LogP contribution is -2.37. The number of H-pyrrole nitrogens is 1. The van der Waals surface area contributed by atoms with E-state index in [0.29, 0.717) is 35.1 Å². The lowest BCUT2D eigenvalue weighted by Gasteiger charge is -2.27. The van der Waals surface area contributed by atoms with Gasteiger partial charge in [-0.15, -0.1) is 0 Å². The first-order chi connectivity index (χ1) is 12.8. The molecule has 1 saturated heterocycles. The SMILES string of the molecule is Cc1[nH]c(C)c(S(=O)(=O)NCc2ccccc2Cl)c1C(=O)N1CCCCC1. The number of halogens is 1. The Morgan fingerprint density at radius 2 is 1.81 bits per heavy atom. The molecule has 0 atom stereocenters. The van der Waals surface area contributed by atoms with Crippen molar-refractivity contribution in [1.82, 2.24) is 14.6 Å². The standard InChI is InChI=1S/C19H24ClN3O3S/c1-13-17(19(24)23-10-6-3-7-11-23)18(14(2)22-13)27(25,26)21-12-15-8-4-5-9-16(15)20/h4-5,8-9,21-22H,3,6-7,10-12H2,1-2H3. The van der Waals surface area contributed by atoms with E-state index in [1.54, 1.807) is 43.0 Å². The number of aryl methyl sites for hydroxylation is 2. The van der Waals surface area contributed by atoms with Crippen LogP contribution in [0.2, 0.25) is 5.02 Å². The van der Waals surface area contributed by atoms with Gasteiger partial charge in [0, 0.05) is 36.0 Å². The Labute approximate surface area is 165 Å². The van der Waals surface area contributed by atoms with Gasteiger partial charge in [0.25, 0.3) is 5.91 Å². The van der Waals surface area contributed by atoms with E-state index in [9.17, 15) is 13.2 Å². The van der Waals surface area contributed by atoms with Crippen LogP contribution in [0.1, 0.15) is 46.6 Å². The Morgan fingerprint density at radius 3 is 2.48 bits per heavy atom. The maximum absolute atomic E-state index is 13.0. The van der Waals surface area contributed by atoms with Crippen LogP contribution in [0.3, 0.4) is 0 Å². The number of rotatable bonds is 5. The normalized spacial score (nSPS) is 15.1. The quantitative estimate of drug-likeness (QED) is 0.794. The van der Waals surface area contributed by atoms with Crippen molar-refractivity contribution in [2.24, 2.45) is 0 Å². The van der Waals surface area contributed by atoms with Crippen LogP contribution in [-0.2, 0) is 16.6 Å². The largest absolute Gasteiger partial charge is 0.361 e. The summed E-state index contributed by atoms with van der Waals surface area (Å²) in [5.74, 6) is -0.227. The number of likely N-dealkylation sites (tertiary alicyclic amines) is 1. The summed E-state index contributed by atoms with van der Waals surface area (Å²) < 4.78 is 28.6. The molecule has 1 aliphatic heterocycles. The molecule has 0 bridgehead atoms. The number of nitrogens with zero attached hydrogens (tertiary/aromatic N) is 1. The van der Waals surface area contributed by atoms with Gasteiger partial charge in [-0.25, -0.2) is 13.1 Å². The second-order valence-electron chi connectivity index (χ2n) is 6.85. The third-order valence-corrected chi connectivity index (χ3v) is 6.79. The Morgan fingerprint density at radius 1 is 1.15 bits per heavy atom. The molecule has 3 rings (SSSR count). The lowest BCUT2D eigenvalue weighted by atomic mass is 10.1. The molecule has 2 heterocycles. The monoisotopic (exact) mass is 409 g/mol. The van der Waals surface area contributed by atoms with E-state index >= 15 is 0 Å². The summed E-state index contributed by atoms with van der Waals surface area (Å²) in [5, 5.41) is 0.492. The van der Waals surface area contributed by atoms with Crippen LogP contribution in [-0.4, -0.2) is 37.3 Å². The highest BCUT2D eigenvalue weighted by atomic mass is 35.5. The molecule has 1 aromatic carbocycles. The van der Waals surface area contributed by atoms with Crippen molar-refractivity contribution in [1.29, 1.82) is 0 Å². The van der Waals surface area contributed by atoms with E-state index in [2.05, 4.69) is 9.71 Å². The van der Waals surface area contributed by atoms with Gasteiger partial charge in [0.05, 0.1) is 5.56 Å². The fourth-order valence-electron chi connectivity index (χ4n) is 3.49. The molecule has 2 N–H and O–H groups in total. The summed E-state index contributed by atoms with van der Waals surface area (Å²) in [6, 6.07) is 7.06. The van der Waals surface area contributed by atoms with Crippen LogP contribution in [0, 0.1) is 13.8 Å². The molecule has 0 unspecified atom stereocenters. The average Bonchev–Trinajstić information content (AvgIpc) is 2.96. The molecule has 1 fully saturated rings. The topological polar surface area (TPSA) is 82.3 Å². The zero-order valence-electron chi connectivity index (χ0n) is 15.5. The molecule has 0 aliphatic carbocycles. The molecule has 27 heavy (non-hydrogen) atoms. The third-order valence-electron chi connectivity index (χ3n) is 4.85. The fourth-order valence-corrected chi connectivity index (χ4v) is 5.15. The Kier molecular flexibility index (Phi) is 5.93. The van der Waals surface area contributed by atoms with Crippen LogP contribution in [0.25, 0.3) is 0 Å². The molecule has 0 radical (unpaired) electrons. The molecule has 2 aromatic rings. The van der Waals surface area contributed by atoms with Crippen molar-refractivity contribution in [3.63, 3.8) is 0 Å².